The van der Waals surface area contributed by atoms with E-state index in [1.54, 1.807) is 13.2 Å². The number of halogens is 1. The molecule has 2 aromatic carbocycles. The molecule has 0 aromatic heterocycles. The van der Waals surface area contributed by atoms with Crippen LogP contribution in [0.2, 0.25) is 5.02 Å². The summed E-state index contributed by atoms with van der Waals surface area (Å²) in [6.07, 6.45) is 11.0. The zero-order chi connectivity index (χ0) is 32.7. The number of ether oxygens (including phenoxy) is 2. The van der Waals surface area contributed by atoms with E-state index in [1.165, 1.54) is 11.1 Å². The van der Waals surface area contributed by atoms with Crippen LogP contribution in [0.25, 0.3) is 0 Å². The predicted molar refractivity (Wildman–Crippen MR) is 188 cm³/mol. The molecule has 7 atom stereocenters. The van der Waals surface area contributed by atoms with E-state index in [9.17, 15) is 14.1 Å². The maximum atomic E-state index is 13.8. The first-order valence-electron chi connectivity index (χ1n) is 16.8. The quantitative estimate of drug-likeness (QED) is 0.225. The number of nitrogens with one attached hydrogen (secondary N) is 1. The van der Waals surface area contributed by atoms with Crippen LogP contribution in [0.4, 0.5) is 5.69 Å². The number of carbonyl (C=O) groups excluding carboxylic acids is 1. The monoisotopic (exact) mass is 668 g/mol. The zero-order valence-corrected chi connectivity index (χ0v) is 29.0. The molecule has 250 valence electrons. The number of carbonyl (C=O) groups is 1. The summed E-state index contributed by atoms with van der Waals surface area (Å²) in [6.45, 7) is 6.48. The molecule has 4 aliphatic rings. The van der Waals surface area contributed by atoms with Crippen molar-refractivity contribution in [2.24, 2.45) is 17.8 Å². The summed E-state index contributed by atoms with van der Waals surface area (Å²) in [4.78, 5) is 16.0. The van der Waals surface area contributed by atoms with Gasteiger partial charge in [-0.3, -0.25) is 9.52 Å². The summed E-state index contributed by atoms with van der Waals surface area (Å²) in [5, 5.41) is 12.7. The van der Waals surface area contributed by atoms with Gasteiger partial charge in [0.05, 0.1) is 27.6 Å². The van der Waals surface area contributed by atoms with Gasteiger partial charge in [-0.1, -0.05) is 36.7 Å². The van der Waals surface area contributed by atoms with Crippen molar-refractivity contribution in [1.29, 1.82) is 0 Å². The summed E-state index contributed by atoms with van der Waals surface area (Å²) in [7, 11) is -1.26. The van der Waals surface area contributed by atoms with Gasteiger partial charge < -0.3 is 19.5 Å². The Morgan fingerprint density at radius 2 is 2.04 bits per heavy atom. The number of hydrogen-bond acceptors (Lipinski definition) is 6. The van der Waals surface area contributed by atoms with Crippen molar-refractivity contribution in [2.75, 3.05) is 38.3 Å². The third-order valence-corrected chi connectivity index (χ3v) is 13.8. The van der Waals surface area contributed by atoms with E-state index in [4.69, 9.17) is 21.1 Å². The number of hydrogen-bond donors (Lipinski definition) is 2. The Kier molecular flexibility index (Phi) is 9.56. The minimum atomic E-state index is -2.96. The molecule has 1 amide bonds. The SMILES string of the molecule is C=S1(=O)NC(=O)c2ccc3c(c2)N(C[C@@H]2CC[C@H]2[C@@](O)(CCCOC)/C=C/C[C@H](C)[C@H]1C)C[C@@]1(CCCc2cc(Cl)ccc21)CO3. The number of allylic oxidation sites excluding steroid dienone is 1. The van der Waals surface area contributed by atoms with Crippen molar-refractivity contribution in [3.8, 4) is 5.75 Å². The molecule has 0 radical (unpaired) electrons. The van der Waals surface area contributed by atoms with Gasteiger partial charge in [0.25, 0.3) is 5.91 Å². The van der Waals surface area contributed by atoms with E-state index in [-0.39, 0.29) is 28.4 Å². The highest BCUT2D eigenvalue weighted by molar-refractivity contribution is 7.99. The van der Waals surface area contributed by atoms with Crippen molar-refractivity contribution in [2.45, 2.75) is 81.5 Å². The molecule has 46 heavy (non-hydrogen) atoms. The minimum absolute atomic E-state index is 0.0183. The largest absolute Gasteiger partial charge is 0.490 e. The summed E-state index contributed by atoms with van der Waals surface area (Å²) in [6, 6.07) is 11.8. The van der Waals surface area contributed by atoms with Crippen LogP contribution in [0.15, 0.2) is 48.6 Å². The number of amides is 1. The minimum Gasteiger partial charge on any atom is -0.490 e. The average Bonchev–Trinajstić information content (AvgIpc) is 3.15. The van der Waals surface area contributed by atoms with Gasteiger partial charge in [0.15, 0.2) is 0 Å². The van der Waals surface area contributed by atoms with E-state index >= 15 is 0 Å². The highest BCUT2D eigenvalue weighted by Gasteiger charge is 2.48. The molecule has 0 saturated heterocycles. The average molecular weight is 669 g/mol. The molecule has 6 rings (SSSR count). The van der Waals surface area contributed by atoms with Crippen LogP contribution in [0.3, 0.4) is 0 Å². The first-order valence-corrected chi connectivity index (χ1v) is 19.0. The molecule has 1 unspecified atom stereocenters. The van der Waals surface area contributed by atoms with Crippen molar-refractivity contribution < 1.29 is 23.6 Å². The fourth-order valence-electron chi connectivity index (χ4n) is 8.24. The normalized spacial score (nSPS) is 35.2. The summed E-state index contributed by atoms with van der Waals surface area (Å²) in [5.41, 5.74) is 2.63. The van der Waals surface area contributed by atoms with Gasteiger partial charge >= 0.3 is 0 Å². The van der Waals surface area contributed by atoms with Crippen molar-refractivity contribution >= 4 is 38.8 Å². The topological polar surface area (TPSA) is 88.1 Å². The summed E-state index contributed by atoms with van der Waals surface area (Å²) in [5.74, 6) is 4.66. The van der Waals surface area contributed by atoms with Crippen LogP contribution in [0.5, 0.6) is 5.75 Å². The summed E-state index contributed by atoms with van der Waals surface area (Å²) >= 11 is 6.45. The Hall–Kier alpha value is -2.52. The smallest absolute Gasteiger partial charge is 0.262 e. The molecule has 2 aliphatic carbocycles. The number of rotatable bonds is 4. The Balaban J connectivity index is 1.43. The molecule has 2 heterocycles. The van der Waals surface area contributed by atoms with E-state index < -0.39 is 21.2 Å². The second-order valence-electron chi connectivity index (χ2n) is 14.3. The molecule has 2 aromatic rings. The lowest BCUT2D eigenvalue weighted by atomic mass is 9.63. The first kappa shape index (κ1) is 33.4. The molecule has 2 bridgehead atoms. The lowest BCUT2D eigenvalue weighted by molar-refractivity contribution is -0.0544. The van der Waals surface area contributed by atoms with Gasteiger partial charge in [-0.15, -0.1) is 0 Å². The second-order valence-corrected chi connectivity index (χ2v) is 17.1. The van der Waals surface area contributed by atoms with Crippen LogP contribution in [0.1, 0.15) is 80.3 Å². The molecule has 7 nitrogen and oxygen atoms in total. The maximum Gasteiger partial charge on any atom is 0.262 e. The Morgan fingerprint density at radius 3 is 2.80 bits per heavy atom. The Morgan fingerprint density at radius 1 is 1.22 bits per heavy atom. The fourth-order valence-corrected chi connectivity index (χ4v) is 9.91. The number of fused-ring (bicyclic) bond motifs is 4. The van der Waals surface area contributed by atoms with Gasteiger partial charge in [0.2, 0.25) is 0 Å². The number of aryl methyl sites for hydroxylation is 1. The molecule has 9 heteroatoms. The van der Waals surface area contributed by atoms with E-state index in [1.807, 2.05) is 44.2 Å². The summed E-state index contributed by atoms with van der Waals surface area (Å²) < 4.78 is 28.6. The molecular formula is C37H49ClN2O5S. The number of anilines is 1. The van der Waals surface area contributed by atoms with E-state index in [2.05, 4.69) is 27.6 Å². The highest BCUT2D eigenvalue weighted by atomic mass is 35.5. The number of benzene rings is 2. The van der Waals surface area contributed by atoms with Gasteiger partial charge in [-0.25, -0.2) is 4.21 Å². The Bertz CT molecular complexity index is 1590. The van der Waals surface area contributed by atoms with Gasteiger partial charge in [-0.05, 0) is 123 Å². The fraction of sp³-hybridized carbons (Fsp3) is 0.568. The van der Waals surface area contributed by atoms with E-state index in [0.717, 1.165) is 68.1 Å². The van der Waals surface area contributed by atoms with Crippen LogP contribution < -0.4 is 14.4 Å². The third kappa shape index (κ3) is 6.47. The van der Waals surface area contributed by atoms with Crippen LogP contribution in [-0.4, -0.2) is 65.4 Å². The molecule has 2 aliphatic heterocycles. The van der Waals surface area contributed by atoms with Crippen molar-refractivity contribution in [1.82, 2.24) is 4.72 Å². The Labute approximate surface area is 279 Å². The number of methoxy groups -OCH3 is 1. The zero-order valence-electron chi connectivity index (χ0n) is 27.4. The maximum absolute atomic E-state index is 13.8. The van der Waals surface area contributed by atoms with Gasteiger partial charge in [-0.2, -0.15) is 0 Å². The number of nitrogens with zero attached hydrogens (tertiary/aromatic N) is 1. The lowest BCUT2D eigenvalue weighted by Crippen LogP contribution is -2.52. The second kappa shape index (κ2) is 13.2. The van der Waals surface area contributed by atoms with Crippen LogP contribution in [-0.2, 0) is 26.3 Å². The molecular weight excluding hydrogens is 620 g/mol. The van der Waals surface area contributed by atoms with Gasteiger partial charge in [0.1, 0.15) is 5.75 Å². The highest BCUT2D eigenvalue weighted by Crippen LogP contribution is 2.49. The molecule has 1 spiro atoms. The van der Waals surface area contributed by atoms with Crippen molar-refractivity contribution in [3.63, 3.8) is 0 Å². The third-order valence-electron chi connectivity index (χ3n) is 11.3. The van der Waals surface area contributed by atoms with Crippen molar-refractivity contribution in [3.05, 3.63) is 70.3 Å². The lowest BCUT2D eigenvalue weighted by Gasteiger charge is -2.49. The standard InChI is InChI=1S/C37H49ClN2O5S/c1-25-8-5-17-37(42,18-7-19-44-3)32-13-10-29(32)22-40-23-36(16-6-9-27-20-30(38)12-14-31(27)36)24-45-34-15-11-28(21-33(34)40)35(41)39-46(4,43)26(25)2/h5,11-12,14-15,17,20-21,25-26,29,32,42H,4,6-10,13,16,18-19,22-24H2,1-3H3,(H,39,41,43)/b17-5+/t25-,26+,29-,32+,36-,37-,46?/m0/s1. The molecule has 2 N–H and O–H groups in total. The molecule has 1 fully saturated rings. The van der Waals surface area contributed by atoms with Crippen LogP contribution in [0, 0.1) is 17.8 Å². The predicted octanol–water partition coefficient (Wildman–Crippen LogP) is 6.34. The number of aliphatic hydroxyl groups is 1. The van der Waals surface area contributed by atoms with E-state index in [0.29, 0.717) is 31.6 Å². The van der Waals surface area contributed by atoms with Crippen LogP contribution >= 0.6 is 11.6 Å². The van der Waals surface area contributed by atoms with Gasteiger partial charge in [0, 0.05) is 48.1 Å². The first-order chi connectivity index (χ1) is 21.9. The molecule has 1 saturated carbocycles.